The van der Waals surface area contributed by atoms with Gasteiger partial charge < -0.3 is 9.84 Å². The van der Waals surface area contributed by atoms with Crippen molar-refractivity contribution in [3.8, 4) is 17.6 Å². The fourth-order valence-electron chi connectivity index (χ4n) is 3.09. The van der Waals surface area contributed by atoms with Crippen LogP contribution in [0.2, 0.25) is 0 Å². The maximum absolute atomic E-state index is 13.0. The first-order valence-corrected chi connectivity index (χ1v) is 11.1. The van der Waals surface area contributed by atoms with E-state index in [0.29, 0.717) is 22.4 Å². The third-order valence-corrected chi connectivity index (χ3v) is 6.50. The number of ether oxygens (including phenoxy) is 1. The number of aromatic hydroxyl groups is 1. The normalized spacial score (nSPS) is 13.1. The molecule has 5 nitrogen and oxygen atoms in total. The monoisotopic (exact) mass is 427 g/mol. The zero-order chi connectivity index (χ0) is 22.9. The van der Waals surface area contributed by atoms with Crippen LogP contribution in [0.5, 0.6) is 11.5 Å². The molecule has 1 N–H and O–H groups in total. The lowest BCUT2D eigenvalue weighted by Gasteiger charge is -2.28. The van der Waals surface area contributed by atoms with Gasteiger partial charge in [-0.05, 0) is 58.9 Å². The molecule has 0 spiro atoms. The van der Waals surface area contributed by atoms with E-state index in [1.165, 1.54) is 37.5 Å². The molecule has 30 heavy (non-hydrogen) atoms. The first-order chi connectivity index (χ1) is 13.7. The van der Waals surface area contributed by atoms with Crippen molar-refractivity contribution in [3.63, 3.8) is 0 Å². The van der Waals surface area contributed by atoms with E-state index < -0.39 is 9.84 Å². The predicted molar refractivity (Wildman–Crippen MR) is 119 cm³/mol. The summed E-state index contributed by atoms with van der Waals surface area (Å²) in [5.41, 5.74) is 1.21. The Bertz CT molecular complexity index is 1070. The van der Waals surface area contributed by atoms with Gasteiger partial charge in [-0.25, -0.2) is 8.42 Å². The summed E-state index contributed by atoms with van der Waals surface area (Å²) < 4.78 is 31.1. The van der Waals surface area contributed by atoms with Crippen LogP contribution in [0.15, 0.2) is 46.2 Å². The topological polar surface area (TPSA) is 87.4 Å². The number of hydrogen-bond acceptors (Lipinski definition) is 5. The Balaban J connectivity index is 2.70. The molecule has 2 aromatic rings. The van der Waals surface area contributed by atoms with Crippen LogP contribution in [0.4, 0.5) is 0 Å². The molecule has 0 saturated heterocycles. The molecule has 6 heteroatoms. The molecular formula is C24H29NO4S. The fraction of sp³-hybridized carbons (Fsp3) is 0.375. The lowest BCUT2D eigenvalue weighted by Crippen LogP contribution is -2.17. The van der Waals surface area contributed by atoms with Gasteiger partial charge in [0.2, 0.25) is 9.84 Å². The van der Waals surface area contributed by atoms with E-state index >= 15 is 0 Å². The Morgan fingerprint density at radius 1 is 1.00 bits per heavy atom. The minimum atomic E-state index is -4.00. The SMILES string of the molecule is COc1ccc(S(=O)(=O)/C(C#N)=C/c2cc(C(C)(C)C)c(O)c(C(C)(C)C)c2)cc1. The molecule has 0 bridgehead atoms. The van der Waals surface area contributed by atoms with Crippen molar-refractivity contribution in [1.82, 2.24) is 0 Å². The highest BCUT2D eigenvalue weighted by atomic mass is 32.2. The molecule has 0 atom stereocenters. The molecule has 0 radical (unpaired) electrons. The minimum Gasteiger partial charge on any atom is -0.507 e. The molecule has 0 aromatic heterocycles. The van der Waals surface area contributed by atoms with Crippen LogP contribution in [-0.2, 0) is 20.7 Å². The second-order valence-corrected chi connectivity index (χ2v) is 11.2. The molecule has 160 valence electrons. The van der Waals surface area contributed by atoms with Gasteiger partial charge in [0.25, 0.3) is 0 Å². The van der Waals surface area contributed by atoms with Gasteiger partial charge >= 0.3 is 0 Å². The van der Waals surface area contributed by atoms with Crippen LogP contribution >= 0.6 is 0 Å². The maximum atomic E-state index is 13.0. The lowest BCUT2D eigenvalue weighted by atomic mass is 9.78. The Kier molecular flexibility index (Phi) is 6.39. The van der Waals surface area contributed by atoms with E-state index in [0.717, 1.165) is 0 Å². The Labute approximate surface area is 179 Å². The van der Waals surface area contributed by atoms with E-state index in [9.17, 15) is 18.8 Å². The standard InChI is InChI=1S/C24H29NO4S/c1-23(2,3)20-13-16(14-21(22(20)26)24(4,5)6)12-19(15-25)30(27,28)18-10-8-17(29-7)9-11-18/h8-14,26H,1-7H3/b19-12+. The van der Waals surface area contributed by atoms with Gasteiger partial charge in [0, 0.05) is 11.1 Å². The second kappa shape index (κ2) is 8.16. The molecule has 0 amide bonds. The van der Waals surface area contributed by atoms with Crippen LogP contribution in [0, 0.1) is 11.3 Å². The Hall–Kier alpha value is -2.78. The van der Waals surface area contributed by atoms with Gasteiger partial charge in [0.15, 0.2) is 0 Å². The van der Waals surface area contributed by atoms with Crippen molar-refractivity contribution in [2.24, 2.45) is 0 Å². The molecule has 0 heterocycles. The van der Waals surface area contributed by atoms with Crippen molar-refractivity contribution in [2.75, 3.05) is 7.11 Å². The van der Waals surface area contributed by atoms with Crippen molar-refractivity contribution < 1.29 is 18.3 Å². The van der Waals surface area contributed by atoms with Crippen LogP contribution in [0.25, 0.3) is 6.08 Å². The quantitative estimate of drug-likeness (QED) is 0.666. The third kappa shape index (κ3) is 4.85. The van der Waals surface area contributed by atoms with Crippen molar-refractivity contribution in [2.45, 2.75) is 57.3 Å². The summed E-state index contributed by atoms with van der Waals surface area (Å²) in [7, 11) is -2.50. The molecule has 0 aliphatic carbocycles. The summed E-state index contributed by atoms with van der Waals surface area (Å²) in [4.78, 5) is -0.347. The largest absolute Gasteiger partial charge is 0.507 e. The van der Waals surface area contributed by atoms with E-state index in [1.54, 1.807) is 12.1 Å². The number of hydrogen-bond donors (Lipinski definition) is 1. The maximum Gasteiger partial charge on any atom is 0.216 e. The number of benzene rings is 2. The molecule has 2 rings (SSSR count). The summed E-state index contributed by atoms with van der Waals surface area (Å²) in [6, 6.07) is 11.2. The van der Waals surface area contributed by atoms with E-state index in [-0.39, 0.29) is 26.4 Å². The Morgan fingerprint density at radius 3 is 1.83 bits per heavy atom. The van der Waals surface area contributed by atoms with E-state index in [1.807, 2.05) is 47.6 Å². The molecule has 0 aliphatic rings. The van der Waals surface area contributed by atoms with Gasteiger partial charge in [-0.2, -0.15) is 5.26 Å². The average molecular weight is 428 g/mol. The van der Waals surface area contributed by atoms with Crippen molar-refractivity contribution in [1.29, 1.82) is 5.26 Å². The van der Waals surface area contributed by atoms with Gasteiger partial charge in [-0.15, -0.1) is 0 Å². The van der Waals surface area contributed by atoms with Crippen molar-refractivity contribution in [3.05, 3.63) is 58.0 Å². The zero-order valence-corrected chi connectivity index (χ0v) is 19.4. The average Bonchev–Trinajstić information content (AvgIpc) is 2.65. The number of rotatable bonds is 4. The number of nitriles is 1. The summed E-state index contributed by atoms with van der Waals surface area (Å²) in [6.07, 6.45) is 1.36. The predicted octanol–water partition coefficient (Wildman–Crippen LogP) is 5.33. The lowest BCUT2D eigenvalue weighted by molar-refractivity contribution is 0.414. The van der Waals surface area contributed by atoms with Crippen LogP contribution in [0.1, 0.15) is 58.2 Å². The number of sulfone groups is 1. The van der Waals surface area contributed by atoms with Crippen LogP contribution < -0.4 is 4.74 Å². The van der Waals surface area contributed by atoms with Crippen LogP contribution in [-0.4, -0.2) is 20.6 Å². The van der Waals surface area contributed by atoms with Crippen molar-refractivity contribution >= 4 is 15.9 Å². The highest BCUT2D eigenvalue weighted by Crippen LogP contribution is 2.40. The highest BCUT2D eigenvalue weighted by Gasteiger charge is 2.27. The minimum absolute atomic E-state index is 0.0157. The van der Waals surface area contributed by atoms with E-state index in [2.05, 4.69) is 0 Å². The number of methoxy groups -OCH3 is 1. The second-order valence-electron chi connectivity index (χ2n) is 9.26. The molecule has 0 saturated carbocycles. The molecule has 2 aromatic carbocycles. The highest BCUT2D eigenvalue weighted by molar-refractivity contribution is 7.95. The van der Waals surface area contributed by atoms with Crippen LogP contribution in [0.3, 0.4) is 0 Å². The summed E-state index contributed by atoms with van der Waals surface area (Å²) in [5.74, 6) is 0.725. The molecule has 0 aliphatic heterocycles. The molecule has 0 unspecified atom stereocenters. The van der Waals surface area contributed by atoms with Gasteiger partial charge in [-0.3, -0.25) is 0 Å². The molecular weight excluding hydrogens is 398 g/mol. The van der Waals surface area contributed by atoms with Gasteiger partial charge in [0.1, 0.15) is 22.5 Å². The number of allylic oxidation sites excluding steroid dienone is 1. The summed E-state index contributed by atoms with van der Waals surface area (Å²) >= 11 is 0. The zero-order valence-electron chi connectivity index (χ0n) is 18.6. The fourth-order valence-corrected chi connectivity index (χ4v) is 4.25. The number of phenols is 1. The summed E-state index contributed by atoms with van der Waals surface area (Å²) in [5, 5.41) is 20.5. The first-order valence-electron chi connectivity index (χ1n) is 9.60. The van der Waals surface area contributed by atoms with E-state index in [4.69, 9.17) is 4.74 Å². The number of nitrogens with zero attached hydrogens (tertiary/aromatic N) is 1. The van der Waals surface area contributed by atoms with Gasteiger partial charge in [0.05, 0.1) is 12.0 Å². The number of phenolic OH excluding ortho intramolecular Hbond substituents is 1. The first kappa shape index (κ1) is 23.5. The Morgan fingerprint density at radius 2 is 1.47 bits per heavy atom. The molecule has 0 fully saturated rings. The third-order valence-electron chi connectivity index (χ3n) is 4.82. The summed E-state index contributed by atoms with van der Waals surface area (Å²) in [6.45, 7) is 11.8. The smallest absolute Gasteiger partial charge is 0.216 e. The van der Waals surface area contributed by atoms with Gasteiger partial charge in [-0.1, -0.05) is 41.5 Å².